The largest absolute Gasteiger partial charge is 0.497 e. The molecule has 21 heavy (non-hydrogen) atoms. The number of hydrogen-bond acceptors (Lipinski definition) is 5. The van der Waals surface area contributed by atoms with Gasteiger partial charge >= 0.3 is 0 Å². The lowest BCUT2D eigenvalue weighted by Crippen LogP contribution is -2.44. The second kappa shape index (κ2) is 7.28. The molecule has 0 aromatic heterocycles. The molecular weight excluding hydrogens is 270 g/mol. The molecule has 0 aliphatic carbocycles. The van der Waals surface area contributed by atoms with Crippen molar-refractivity contribution < 1.29 is 14.2 Å². The predicted molar refractivity (Wildman–Crippen MR) is 81.4 cm³/mol. The van der Waals surface area contributed by atoms with Crippen LogP contribution in [0.3, 0.4) is 0 Å². The van der Waals surface area contributed by atoms with E-state index in [4.69, 9.17) is 25.4 Å². The van der Waals surface area contributed by atoms with Crippen LogP contribution in [0.15, 0.2) is 18.2 Å². The summed E-state index contributed by atoms with van der Waals surface area (Å²) in [5.41, 5.74) is 6.11. The number of nitrogen functional groups attached to an aromatic ring is 1. The molecule has 1 aromatic carbocycles. The Balaban J connectivity index is 1.99. The molecule has 0 spiro atoms. The van der Waals surface area contributed by atoms with Crippen molar-refractivity contribution in [2.45, 2.75) is 13.0 Å². The van der Waals surface area contributed by atoms with Crippen LogP contribution < -0.4 is 15.2 Å². The van der Waals surface area contributed by atoms with E-state index in [0.29, 0.717) is 23.7 Å². The minimum absolute atomic E-state index is 0.00942. The van der Waals surface area contributed by atoms with Crippen molar-refractivity contribution in [3.05, 3.63) is 23.8 Å². The Morgan fingerprint density at radius 2 is 2.19 bits per heavy atom. The minimum atomic E-state index is -0.00942. The summed E-state index contributed by atoms with van der Waals surface area (Å²) < 4.78 is 16.7. The minimum Gasteiger partial charge on any atom is -0.497 e. The molecule has 1 aliphatic rings. The Hall–Kier alpha value is -1.79. The zero-order chi connectivity index (χ0) is 15.2. The third-order valence-corrected chi connectivity index (χ3v) is 3.53. The number of morpholine rings is 1. The van der Waals surface area contributed by atoms with Crippen LogP contribution in [0.5, 0.6) is 11.5 Å². The smallest absolute Gasteiger partial charge is 0.123 e. The first kappa shape index (κ1) is 15.6. The van der Waals surface area contributed by atoms with Crippen LogP contribution in [0.4, 0.5) is 0 Å². The van der Waals surface area contributed by atoms with Crippen LogP contribution in [-0.4, -0.2) is 56.8 Å². The lowest BCUT2D eigenvalue weighted by Gasteiger charge is -2.31. The topological polar surface area (TPSA) is 80.8 Å². The Bertz CT molecular complexity index is 493. The molecule has 1 fully saturated rings. The van der Waals surface area contributed by atoms with Gasteiger partial charge < -0.3 is 19.9 Å². The number of amidine groups is 1. The number of rotatable bonds is 6. The van der Waals surface area contributed by atoms with Gasteiger partial charge in [-0.3, -0.25) is 10.3 Å². The molecule has 6 nitrogen and oxygen atoms in total. The van der Waals surface area contributed by atoms with Crippen LogP contribution in [0.25, 0.3) is 0 Å². The summed E-state index contributed by atoms with van der Waals surface area (Å²) in [5, 5.41) is 7.52. The lowest BCUT2D eigenvalue weighted by atomic mass is 10.2. The van der Waals surface area contributed by atoms with Crippen molar-refractivity contribution in [2.75, 3.05) is 40.0 Å². The highest BCUT2D eigenvalue weighted by Gasteiger charge is 2.20. The van der Waals surface area contributed by atoms with Gasteiger partial charge in [0, 0.05) is 24.7 Å². The molecule has 1 atom stereocenters. The molecule has 0 saturated carbocycles. The van der Waals surface area contributed by atoms with Crippen molar-refractivity contribution in [1.29, 1.82) is 5.41 Å². The average molecular weight is 293 g/mol. The van der Waals surface area contributed by atoms with Gasteiger partial charge in [-0.2, -0.15) is 0 Å². The highest BCUT2D eigenvalue weighted by molar-refractivity contribution is 5.95. The number of likely N-dealkylation sites (N-methyl/N-ethyl adjacent to an activating group) is 1. The summed E-state index contributed by atoms with van der Waals surface area (Å²) in [6.07, 6.45) is 0.0608. The van der Waals surface area contributed by atoms with Crippen molar-refractivity contribution in [2.24, 2.45) is 5.73 Å². The van der Waals surface area contributed by atoms with Crippen LogP contribution in [-0.2, 0) is 4.74 Å². The van der Waals surface area contributed by atoms with E-state index in [-0.39, 0.29) is 11.9 Å². The van der Waals surface area contributed by atoms with E-state index in [0.717, 1.165) is 26.2 Å². The number of hydrogen-bond donors (Lipinski definition) is 2. The van der Waals surface area contributed by atoms with Gasteiger partial charge in [-0.1, -0.05) is 6.92 Å². The van der Waals surface area contributed by atoms with E-state index in [2.05, 4.69) is 11.8 Å². The molecule has 1 saturated heterocycles. The molecule has 2 rings (SSSR count). The molecule has 0 bridgehead atoms. The third kappa shape index (κ3) is 4.34. The van der Waals surface area contributed by atoms with Crippen LogP contribution in [0.1, 0.15) is 12.5 Å². The maximum atomic E-state index is 7.52. The average Bonchev–Trinajstić information content (AvgIpc) is 2.52. The van der Waals surface area contributed by atoms with Gasteiger partial charge in [0.25, 0.3) is 0 Å². The Kier molecular flexibility index (Phi) is 5.41. The van der Waals surface area contributed by atoms with Crippen LogP contribution in [0.2, 0.25) is 0 Å². The number of ether oxygens (including phenoxy) is 3. The predicted octanol–water partition coefficient (Wildman–Crippen LogP) is 1.08. The summed E-state index contributed by atoms with van der Waals surface area (Å²) >= 11 is 0. The number of nitrogens with one attached hydrogen (secondary N) is 1. The highest BCUT2D eigenvalue weighted by atomic mass is 16.5. The fourth-order valence-electron chi connectivity index (χ4n) is 2.29. The van der Waals surface area contributed by atoms with Crippen molar-refractivity contribution in [3.8, 4) is 11.5 Å². The molecular formula is C15H23N3O3. The van der Waals surface area contributed by atoms with Gasteiger partial charge in [-0.25, -0.2) is 0 Å². The van der Waals surface area contributed by atoms with Gasteiger partial charge in [0.15, 0.2) is 0 Å². The highest BCUT2D eigenvalue weighted by Crippen LogP contribution is 2.23. The van der Waals surface area contributed by atoms with Gasteiger partial charge in [0.2, 0.25) is 0 Å². The normalized spacial score (nSPS) is 19.2. The molecule has 0 radical (unpaired) electrons. The molecule has 0 amide bonds. The second-order valence-electron chi connectivity index (χ2n) is 5.01. The number of benzene rings is 1. The molecule has 1 aliphatic heterocycles. The summed E-state index contributed by atoms with van der Waals surface area (Å²) in [5.74, 6) is 1.25. The summed E-state index contributed by atoms with van der Waals surface area (Å²) in [7, 11) is 1.58. The maximum absolute atomic E-state index is 7.52. The number of nitrogens with zero attached hydrogens (tertiary/aromatic N) is 1. The molecule has 1 heterocycles. The monoisotopic (exact) mass is 293 g/mol. The van der Waals surface area contributed by atoms with E-state index in [1.165, 1.54) is 0 Å². The van der Waals surface area contributed by atoms with Gasteiger partial charge in [0.05, 0.1) is 13.7 Å². The zero-order valence-corrected chi connectivity index (χ0v) is 12.6. The zero-order valence-electron chi connectivity index (χ0n) is 12.6. The number of methoxy groups -OCH3 is 1. The summed E-state index contributed by atoms with van der Waals surface area (Å²) in [6, 6.07) is 5.24. The standard InChI is InChI=1S/C15H23N3O3/c1-3-18-4-5-20-14(9-18)10-21-13-7-11(15(16)17)6-12(8-13)19-2/h6-8,14H,3-5,9-10H2,1-2H3,(H3,16,17). The van der Waals surface area contributed by atoms with E-state index >= 15 is 0 Å². The van der Waals surface area contributed by atoms with Crippen molar-refractivity contribution in [1.82, 2.24) is 4.90 Å². The van der Waals surface area contributed by atoms with Crippen LogP contribution in [0, 0.1) is 5.41 Å². The quantitative estimate of drug-likeness (QED) is 0.606. The van der Waals surface area contributed by atoms with E-state index in [1.807, 2.05) is 0 Å². The molecule has 6 heteroatoms. The van der Waals surface area contributed by atoms with E-state index < -0.39 is 0 Å². The van der Waals surface area contributed by atoms with Crippen molar-refractivity contribution in [3.63, 3.8) is 0 Å². The molecule has 1 unspecified atom stereocenters. The maximum Gasteiger partial charge on any atom is 0.123 e. The molecule has 3 N–H and O–H groups in total. The third-order valence-electron chi connectivity index (χ3n) is 3.53. The first-order chi connectivity index (χ1) is 10.1. The van der Waals surface area contributed by atoms with E-state index in [9.17, 15) is 0 Å². The molecule has 116 valence electrons. The van der Waals surface area contributed by atoms with Gasteiger partial charge in [0.1, 0.15) is 30.0 Å². The van der Waals surface area contributed by atoms with E-state index in [1.54, 1.807) is 25.3 Å². The molecule has 1 aromatic rings. The first-order valence-corrected chi connectivity index (χ1v) is 7.12. The van der Waals surface area contributed by atoms with Gasteiger partial charge in [-0.05, 0) is 18.7 Å². The Labute approximate surface area is 125 Å². The SMILES string of the molecule is CCN1CCOC(COc2cc(OC)cc(C(=N)N)c2)C1. The Morgan fingerprint density at radius 1 is 1.43 bits per heavy atom. The summed E-state index contributed by atoms with van der Waals surface area (Å²) in [6.45, 7) is 6.22. The fourth-order valence-corrected chi connectivity index (χ4v) is 2.29. The van der Waals surface area contributed by atoms with Gasteiger partial charge in [-0.15, -0.1) is 0 Å². The first-order valence-electron chi connectivity index (χ1n) is 7.12. The lowest BCUT2D eigenvalue weighted by molar-refractivity contribution is -0.0464. The Morgan fingerprint density at radius 3 is 2.86 bits per heavy atom. The van der Waals surface area contributed by atoms with Crippen molar-refractivity contribution >= 4 is 5.84 Å². The summed E-state index contributed by atoms with van der Waals surface area (Å²) in [4.78, 5) is 2.34. The second-order valence-corrected chi connectivity index (χ2v) is 5.01. The fraction of sp³-hybridized carbons (Fsp3) is 0.533. The number of nitrogens with two attached hydrogens (primary N) is 1. The van der Waals surface area contributed by atoms with Crippen LogP contribution >= 0.6 is 0 Å².